The maximum Gasteiger partial charge on any atom is 0.193 e. The average Bonchev–Trinajstić information content (AvgIpc) is 2.61. The lowest BCUT2D eigenvalue weighted by atomic mass is 10.1. The van der Waals surface area contributed by atoms with Gasteiger partial charge in [0.15, 0.2) is 27.3 Å². The van der Waals surface area contributed by atoms with E-state index in [2.05, 4.69) is 10.3 Å². The summed E-state index contributed by atoms with van der Waals surface area (Å²) in [6.45, 7) is 10.7. The predicted molar refractivity (Wildman–Crippen MR) is 131 cm³/mol. The van der Waals surface area contributed by atoms with Crippen molar-refractivity contribution in [2.24, 2.45) is 4.99 Å². The summed E-state index contributed by atoms with van der Waals surface area (Å²) in [6, 6.07) is 3.90. The Kier molecular flexibility index (Phi) is 11.3. The fourth-order valence-electron chi connectivity index (χ4n) is 2.57. The van der Waals surface area contributed by atoms with Crippen LogP contribution >= 0.6 is 24.0 Å². The van der Waals surface area contributed by atoms with Crippen LogP contribution in [0.2, 0.25) is 0 Å². The Morgan fingerprint density at radius 2 is 1.72 bits per heavy atom. The van der Waals surface area contributed by atoms with Gasteiger partial charge in [-0.3, -0.25) is 4.99 Å². The van der Waals surface area contributed by atoms with Gasteiger partial charge in [-0.25, -0.2) is 8.42 Å². The molecule has 0 radical (unpaired) electrons. The van der Waals surface area contributed by atoms with Gasteiger partial charge in [-0.15, -0.1) is 24.0 Å². The molecule has 0 saturated heterocycles. The van der Waals surface area contributed by atoms with Crippen molar-refractivity contribution in [3.63, 3.8) is 0 Å². The summed E-state index contributed by atoms with van der Waals surface area (Å²) in [4.78, 5) is 6.48. The van der Waals surface area contributed by atoms with E-state index in [0.717, 1.165) is 11.1 Å². The molecule has 0 aliphatic rings. The summed E-state index contributed by atoms with van der Waals surface area (Å²) in [7, 11) is 1.96. The first kappa shape index (κ1) is 27.8. The number of guanidine groups is 1. The molecule has 0 heterocycles. The number of nitrogens with zero attached hydrogens (tertiary/aromatic N) is 2. The predicted octanol–water partition coefficient (Wildman–Crippen LogP) is 3.24. The van der Waals surface area contributed by atoms with E-state index in [1.165, 1.54) is 0 Å². The highest BCUT2D eigenvalue weighted by molar-refractivity contribution is 14.0. The van der Waals surface area contributed by atoms with E-state index < -0.39 is 14.6 Å². The molecular weight excluding hydrogens is 505 g/mol. The van der Waals surface area contributed by atoms with Gasteiger partial charge in [-0.2, -0.15) is 0 Å². The Bertz CT molecular complexity index is 790. The van der Waals surface area contributed by atoms with E-state index in [1.54, 1.807) is 35.0 Å². The molecule has 0 amide bonds. The van der Waals surface area contributed by atoms with Crippen molar-refractivity contribution in [3.8, 4) is 11.5 Å². The number of hydrogen-bond acceptors (Lipinski definition) is 5. The number of benzene rings is 1. The van der Waals surface area contributed by atoms with Crippen LogP contribution in [0.25, 0.3) is 0 Å². The molecule has 29 heavy (non-hydrogen) atoms. The van der Waals surface area contributed by atoms with Crippen LogP contribution in [0.3, 0.4) is 0 Å². The van der Waals surface area contributed by atoms with E-state index in [0.29, 0.717) is 30.5 Å². The van der Waals surface area contributed by atoms with Crippen molar-refractivity contribution in [2.75, 3.05) is 40.1 Å². The lowest BCUT2D eigenvalue weighted by molar-refractivity contribution is 0.353. The molecule has 1 aromatic rings. The molecule has 7 nitrogen and oxygen atoms in total. The van der Waals surface area contributed by atoms with Crippen LogP contribution in [0.4, 0.5) is 0 Å². The Morgan fingerprint density at radius 1 is 1.17 bits per heavy atom. The first-order valence-corrected chi connectivity index (χ1v) is 11.0. The standard InChI is InChI=1S/C20H35N3O4S.HI/c1-9-21-19(22-10-11-28(24,25)20(3,4)5)23(6)14-16-13-18(27-8)17(26-7)12-15(16)2;/h12-13H,9-11,14H2,1-8H3,(H,21,22);1H. The monoisotopic (exact) mass is 541 g/mol. The van der Waals surface area contributed by atoms with Gasteiger partial charge in [0, 0.05) is 20.1 Å². The highest BCUT2D eigenvalue weighted by Crippen LogP contribution is 2.30. The Balaban J connectivity index is 0.00000784. The van der Waals surface area contributed by atoms with E-state index in [9.17, 15) is 8.42 Å². The third kappa shape index (κ3) is 7.84. The largest absolute Gasteiger partial charge is 0.493 e. The Morgan fingerprint density at radius 3 is 2.21 bits per heavy atom. The second kappa shape index (κ2) is 11.8. The van der Waals surface area contributed by atoms with Crippen LogP contribution in [0.15, 0.2) is 17.1 Å². The Hall–Kier alpha value is -1.23. The summed E-state index contributed by atoms with van der Waals surface area (Å²) in [6.07, 6.45) is 0. The molecular formula is C20H36IN3O4S. The van der Waals surface area contributed by atoms with Gasteiger partial charge in [-0.1, -0.05) is 0 Å². The van der Waals surface area contributed by atoms with E-state index in [1.807, 2.05) is 37.9 Å². The minimum atomic E-state index is -3.20. The smallest absolute Gasteiger partial charge is 0.193 e. The normalized spacial score (nSPS) is 12.2. The van der Waals surface area contributed by atoms with Gasteiger partial charge >= 0.3 is 0 Å². The summed E-state index contributed by atoms with van der Waals surface area (Å²) >= 11 is 0. The Labute approximate surface area is 193 Å². The second-order valence-electron chi connectivity index (χ2n) is 7.66. The van der Waals surface area contributed by atoms with E-state index >= 15 is 0 Å². The maximum absolute atomic E-state index is 12.3. The number of halogens is 1. The van der Waals surface area contributed by atoms with Crippen LogP contribution in [0.5, 0.6) is 11.5 Å². The molecule has 0 fully saturated rings. The second-order valence-corrected chi connectivity index (χ2v) is 10.5. The number of hydrogen-bond donors (Lipinski definition) is 1. The van der Waals surface area contributed by atoms with Crippen LogP contribution in [0.1, 0.15) is 38.8 Å². The van der Waals surface area contributed by atoms with Crippen LogP contribution in [-0.4, -0.2) is 64.1 Å². The zero-order valence-electron chi connectivity index (χ0n) is 18.8. The molecule has 0 bridgehead atoms. The maximum atomic E-state index is 12.3. The van der Waals surface area contributed by atoms with Gasteiger partial charge in [0.2, 0.25) is 0 Å². The number of sulfone groups is 1. The van der Waals surface area contributed by atoms with E-state index in [4.69, 9.17) is 9.47 Å². The topological polar surface area (TPSA) is 80.2 Å². The highest BCUT2D eigenvalue weighted by Gasteiger charge is 2.28. The molecule has 0 saturated carbocycles. The number of aliphatic imine (C=N–C) groups is 1. The summed E-state index contributed by atoms with van der Waals surface area (Å²) in [5.74, 6) is 2.06. The van der Waals surface area contributed by atoms with Crippen molar-refractivity contribution in [3.05, 3.63) is 23.3 Å². The molecule has 0 aromatic heterocycles. The molecule has 1 rings (SSSR count). The number of aryl methyl sites for hydroxylation is 1. The molecule has 9 heteroatoms. The first-order chi connectivity index (χ1) is 13.0. The van der Waals surface area contributed by atoms with Gasteiger partial charge in [0.05, 0.1) is 31.3 Å². The molecule has 0 unspecified atom stereocenters. The minimum absolute atomic E-state index is 0. The third-order valence-electron chi connectivity index (χ3n) is 4.50. The summed E-state index contributed by atoms with van der Waals surface area (Å²) in [5, 5.41) is 3.22. The highest BCUT2D eigenvalue weighted by atomic mass is 127. The lowest BCUT2D eigenvalue weighted by Crippen LogP contribution is -2.39. The van der Waals surface area contributed by atoms with Gasteiger partial charge in [0.25, 0.3) is 0 Å². The van der Waals surface area contributed by atoms with Gasteiger partial charge in [-0.05, 0) is 57.9 Å². The zero-order chi connectivity index (χ0) is 21.5. The summed E-state index contributed by atoms with van der Waals surface area (Å²) < 4.78 is 34.6. The van der Waals surface area contributed by atoms with Crippen molar-refractivity contribution < 1.29 is 17.9 Å². The van der Waals surface area contributed by atoms with Gasteiger partial charge in [0.1, 0.15) is 0 Å². The average molecular weight is 541 g/mol. The quantitative estimate of drug-likeness (QED) is 0.309. The van der Waals surface area contributed by atoms with Crippen LogP contribution in [0, 0.1) is 6.92 Å². The lowest BCUT2D eigenvalue weighted by Gasteiger charge is -2.24. The zero-order valence-corrected chi connectivity index (χ0v) is 22.0. The fourth-order valence-corrected chi connectivity index (χ4v) is 3.52. The number of methoxy groups -OCH3 is 2. The molecule has 1 aromatic carbocycles. The van der Waals surface area contributed by atoms with Crippen molar-refractivity contribution in [1.29, 1.82) is 0 Å². The molecule has 168 valence electrons. The minimum Gasteiger partial charge on any atom is -0.493 e. The molecule has 0 spiro atoms. The van der Waals surface area contributed by atoms with Crippen molar-refractivity contribution in [1.82, 2.24) is 10.2 Å². The van der Waals surface area contributed by atoms with Crippen molar-refractivity contribution >= 4 is 39.8 Å². The number of nitrogens with one attached hydrogen (secondary N) is 1. The van der Waals surface area contributed by atoms with Gasteiger partial charge < -0.3 is 19.7 Å². The molecule has 0 aliphatic carbocycles. The van der Waals surface area contributed by atoms with Crippen molar-refractivity contribution in [2.45, 2.75) is 45.9 Å². The number of rotatable bonds is 8. The van der Waals surface area contributed by atoms with Crippen LogP contribution < -0.4 is 14.8 Å². The van der Waals surface area contributed by atoms with E-state index in [-0.39, 0.29) is 36.3 Å². The number of ether oxygens (including phenoxy) is 2. The summed E-state index contributed by atoms with van der Waals surface area (Å²) in [5.41, 5.74) is 2.16. The third-order valence-corrected chi connectivity index (χ3v) is 7.09. The first-order valence-electron chi connectivity index (χ1n) is 9.40. The van der Waals surface area contributed by atoms with Crippen LogP contribution in [-0.2, 0) is 16.4 Å². The molecule has 0 atom stereocenters. The fraction of sp³-hybridized carbons (Fsp3) is 0.650. The SMILES string of the molecule is CCNC(=NCCS(=O)(=O)C(C)(C)C)N(C)Cc1cc(OC)c(OC)cc1C.I. The molecule has 0 aliphatic heterocycles. The molecule has 1 N–H and O–H groups in total.